The summed E-state index contributed by atoms with van der Waals surface area (Å²) in [7, 11) is 1.88. The van der Waals surface area contributed by atoms with E-state index in [0.29, 0.717) is 11.4 Å². The number of nitrogens with zero attached hydrogens (tertiary/aromatic N) is 2. The number of imidazole rings is 1. The molecule has 0 atom stereocenters. The van der Waals surface area contributed by atoms with E-state index in [1.807, 2.05) is 23.9 Å². The van der Waals surface area contributed by atoms with Crippen LogP contribution in [0.3, 0.4) is 0 Å². The molecule has 0 bridgehead atoms. The number of benzene rings is 1. The van der Waals surface area contributed by atoms with Crippen LogP contribution in [-0.4, -0.2) is 9.55 Å². The van der Waals surface area contributed by atoms with Gasteiger partial charge in [0.15, 0.2) is 5.16 Å². The van der Waals surface area contributed by atoms with E-state index >= 15 is 0 Å². The van der Waals surface area contributed by atoms with Gasteiger partial charge in [0.1, 0.15) is 5.82 Å². The zero-order valence-corrected chi connectivity index (χ0v) is 9.67. The highest BCUT2D eigenvalue weighted by molar-refractivity contribution is 7.99. The van der Waals surface area contributed by atoms with Crippen molar-refractivity contribution in [2.45, 2.75) is 16.6 Å². The third kappa shape index (κ3) is 2.25. The predicted octanol–water partition coefficient (Wildman–Crippen LogP) is 2.17. The van der Waals surface area contributed by atoms with E-state index in [2.05, 4.69) is 4.98 Å². The molecule has 1 aromatic heterocycles. The molecule has 0 fully saturated rings. The van der Waals surface area contributed by atoms with Crippen LogP contribution in [0, 0.1) is 5.82 Å². The zero-order valence-electron chi connectivity index (χ0n) is 8.85. The summed E-state index contributed by atoms with van der Waals surface area (Å²) >= 11 is 1.30. The van der Waals surface area contributed by atoms with Crippen LogP contribution in [0.2, 0.25) is 0 Å². The van der Waals surface area contributed by atoms with Gasteiger partial charge in [0, 0.05) is 26.0 Å². The van der Waals surface area contributed by atoms with Crippen molar-refractivity contribution in [1.29, 1.82) is 0 Å². The van der Waals surface area contributed by atoms with Gasteiger partial charge in [-0.25, -0.2) is 9.37 Å². The van der Waals surface area contributed by atoms with Crippen LogP contribution in [-0.2, 0) is 13.6 Å². The van der Waals surface area contributed by atoms with Gasteiger partial charge in [-0.1, -0.05) is 6.07 Å². The van der Waals surface area contributed by atoms with Gasteiger partial charge < -0.3 is 10.3 Å². The lowest BCUT2D eigenvalue weighted by molar-refractivity contribution is 0.599. The van der Waals surface area contributed by atoms with Crippen molar-refractivity contribution in [3.8, 4) is 0 Å². The van der Waals surface area contributed by atoms with E-state index in [0.717, 1.165) is 10.7 Å². The lowest BCUT2D eigenvalue weighted by Gasteiger charge is -2.04. The van der Waals surface area contributed by atoms with E-state index < -0.39 is 0 Å². The SMILES string of the molecule is Cn1ccnc1Sc1ccc(CN)cc1F. The number of hydrogen-bond donors (Lipinski definition) is 1. The molecular weight excluding hydrogens is 225 g/mol. The van der Waals surface area contributed by atoms with Crippen LogP contribution < -0.4 is 5.73 Å². The van der Waals surface area contributed by atoms with Crippen LogP contribution in [0.25, 0.3) is 0 Å². The maximum absolute atomic E-state index is 13.6. The highest BCUT2D eigenvalue weighted by atomic mass is 32.2. The number of halogens is 1. The number of rotatable bonds is 3. The molecule has 0 aliphatic heterocycles. The fraction of sp³-hybridized carbons (Fsp3) is 0.182. The van der Waals surface area contributed by atoms with Crippen molar-refractivity contribution in [1.82, 2.24) is 9.55 Å². The van der Waals surface area contributed by atoms with Crippen molar-refractivity contribution in [3.63, 3.8) is 0 Å². The monoisotopic (exact) mass is 237 g/mol. The first-order valence-corrected chi connectivity index (χ1v) is 5.66. The Labute approximate surface area is 97.5 Å². The van der Waals surface area contributed by atoms with Crippen molar-refractivity contribution >= 4 is 11.8 Å². The highest BCUT2D eigenvalue weighted by Gasteiger charge is 2.07. The molecule has 84 valence electrons. The largest absolute Gasteiger partial charge is 0.329 e. The van der Waals surface area contributed by atoms with Crippen molar-refractivity contribution in [2.75, 3.05) is 0 Å². The number of nitrogens with two attached hydrogens (primary N) is 1. The second-order valence-corrected chi connectivity index (χ2v) is 4.40. The molecule has 0 spiro atoms. The van der Waals surface area contributed by atoms with Gasteiger partial charge in [-0.3, -0.25) is 0 Å². The van der Waals surface area contributed by atoms with Crippen molar-refractivity contribution in [2.24, 2.45) is 12.8 Å². The predicted molar refractivity (Wildman–Crippen MR) is 61.6 cm³/mol. The third-order valence-corrected chi connectivity index (χ3v) is 3.34. The van der Waals surface area contributed by atoms with Crippen molar-refractivity contribution in [3.05, 3.63) is 42.0 Å². The third-order valence-electron chi connectivity index (χ3n) is 2.21. The van der Waals surface area contributed by atoms with Gasteiger partial charge in [-0.15, -0.1) is 0 Å². The fourth-order valence-corrected chi connectivity index (χ4v) is 2.11. The molecule has 0 amide bonds. The summed E-state index contributed by atoms with van der Waals surface area (Å²) in [6.45, 7) is 0.351. The summed E-state index contributed by atoms with van der Waals surface area (Å²) in [4.78, 5) is 4.69. The topological polar surface area (TPSA) is 43.8 Å². The summed E-state index contributed by atoms with van der Waals surface area (Å²) in [5, 5.41) is 0.763. The molecule has 2 aromatic rings. The minimum absolute atomic E-state index is 0.254. The first kappa shape index (κ1) is 11.2. The van der Waals surface area contributed by atoms with E-state index in [1.165, 1.54) is 17.8 Å². The molecule has 0 radical (unpaired) electrons. The summed E-state index contributed by atoms with van der Waals surface area (Å²) in [5.41, 5.74) is 6.23. The Kier molecular flexibility index (Phi) is 3.26. The first-order valence-electron chi connectivity index (χ1n) is 4.84. The van der Waals surface area contributed by atoms with Gasteiger partial charge in [0.25, 0.3) is 0 Å². The molecular formula is C11H12FN3S. The molecule has 16 heavy (non-hydrogen) atoms. The number of aromatic nitrogens is 2. The summed E-state index contributed by atoms with van der Waals surface area (Å²) in [6.07, 6.45) is 3.52. The average molecular weight is 237 g/mol. The molecule has 3 nitrogen and oxygen atoms in total. The molecule has 0 aliphatic rings. The van der Waals surface area contributed by atoms with E-state index in [1.54, 1.807) is 12.3 Å². The molecule has 2 rings (SSSR count). The van der Waals surface area contributed by atoms with Crippen LogP contribution in [0.5, 0.6) is 0 Å². The van der Waals surface area contributed by atoms with Gasteiger partial charge >= 0.3 is 0 Å². The Morgan fingerprint density at radius 2 is 2.31 bits per heavy atom. The van der Waals surface area contributed by atoms with Crippen LogP contribution >= 0.6 is 11.8 Å². The minimum Gasteiger partial charge on any atom is -0.329 e. The molecule has 0 saturated carbocycles. The Morgan fingerprint density at radius 1 is 1.50 bits per heavy atom. The van der Waals surface area contributed by atoms with Crippen LogP contribution in [0.4, 0.5) is 4.39 Å². The quantitative estimate of drug-likeness (QED) is 0.889. The van der Waals surface area contributed by atoms with E-state index in [-0.39, 0.29) is 5.82 Å². The van der Waals surface area contributed by atoms with Gasteiger partial charge in [0.05, 0.1) is 4.90 Å². The molecule has 0 saturated heterocycles. The lowest BCUT2D eigenvalue weighted by atomic mass is 10.2. The molecule has 0 unspecified atom stereocenters. The second-order valence-electron chi connectivity index (χ2n) is 3.39. The standard InChI is InChI=1S/C11H12FN3S/c1-15-5-4-14-11(15)16-10-3-2-8(7-13)6-9(10)12/h2-6H,7,13H2,1H3. The van der Waals surface area contributed by atoms with Gasteiger partial charge in [-0.05, 0) is 29.5 Å². The summed E-state index contributed by atoms with van der Waals surface area (Å²) in [5.74, 6) is -0.254. The van der Waals surface area contributed by atoms with E-state index in [4.69, 9.17) is 5.73 Å². The smallest absolute Gasteiger partial charge is 0.172 e. The Morgan fingerprint density at radius 3 is 2.88 bits per heavy atom. The molecule has 2 N–H and O–H groups in total. The second kappa shape index (κ2) is 4.67. The molecule has 0 aliphatic carbocycles. The Bertz CT molecular complexity index is 496. The van der Waals surface area contributed by atoms with E-state index in [9.17, 15) is 4.39 Å². The first-order chi connectivity index (χ1) is 7.70. The average Bonchev–Trinajstić information content (AvgIpc) is 2.67. The summed E-state index contributed by atoms with van der Waals surface area (Å²) in [6, 6.07) is 5.02. The number of hydrogen-bond acceptors (Lipinski definition) is 3. The normalized spacial score (nSPS) is 10.7. The molecule has 5 heteroatoms. The lowest BCUT2D eigenvalue weighted by Crippen LogP contribution is -1.97. The van der Waals surface area contributed by atoms with Crippen LogP contribution in [0.15, 0.2) is 40.6 Å². The molecule has 1 aromatic carbocycles. The zero-order chi connectivity index (χ0) is 11.5. The fourth-order valence-electron chi connectivity index (χ4n) is 1.30. The maximum atomic E-state index is 13.6. The van der Waals surface area contributed by atoms with Crippen molar-refractivity contribution < 1.29 is 4.39 Å². The maximum Gasteiger partial charge on any atom is 0.172 e. The number of aryl methyl sites for hydroxylation is 1. The summed E-state index contributed by atoms with van der Waals surface area (Å²) < 4.78 is 15.5. The van der Waals surface area contributed by atoms with Gasteiger partial charge in [-0.2, -0.15) is 0 Å². The minimum atomic E-state index is -0.254. The van der Waals surface area contributed by atoms with Gasteiger partial charge in [0.2, 0.25) is 0 Å². The Hall–Kier alpha value is -1.33. The molecule has 1 heterocycles. The Balaban J connectivity index is 2.25. The highest BCUT2D eigenvalue weighted by Crippen LogP contribution is 2.28. The van der Waals surface area contributed by atoms with Crippen LogP contribution in [0.1, 0.15) is 5.56 Å².